The number of primary amides is 1. The molecule has 0 saturated carbocycles. The largest absolute Gasteiger partial charge is 0.370 e. The highest BCUT2D eigenvalue weighted by Gasteiger charge is 1.90. The summed E-state index contributed by atoms with van der Waals surface area (Å²) in [5, 5.41) is 0.959. The molecule has 0 aromatic heterocycles. The van der Waals surface area contributed by atoms with E-state index in [-0.39, 0.29) is 18.3 Å². The van der Waals surface area contributed by atoms with Gasteiger partial charge in [0.25, 0.3) is 0 Å². The van der Waals surface area contributed by atoms with Gasteiger partial charge in [0.1, 0.15) is 0 Å². The summed E-state index contributed by atoms with van der Waals surface area (Å²) in [6.45, 7) is 0. The zero-order valence-electron chi connectivity index (χ0n) is 5.10. The van der Waals surface area contributed by atoms with Crippen LogP contribution in [0.4, 0.5) is 0 Å². The molecule has 0 fully saturated rings. The van der Waals surface area contributed by atoms with Crippen molar-refractivity contribution in [1.29, 1.82) is 0 Å². The van der Waals surface area contributed by atoms with Crippen LogP contribution in [0.2, 0.25) is 0 Å². The number of nitrogens with two attached hydrogens (primary N) is 1. The van der Waals surface area contributed by atoms with Crippen LogP contribution < -0.4 is 5.73 Å². The lowest BCUT2D eigenvalue weighted by atomic mass is 10.2. The van der Waals surface area contributed by atoms with E-state index in [4.69, 9.17) is 5.73 Å². The summed E-state index contributed by atoms with van der Waals surface area (Å²) < 4.78 is 0. The van der Waals surface area contributed by atoms with Gasteiger partial charge in [-0.05, 0) is 12.8 Å². The standard InChI is InChI=1S/C5H10BrNO.ClH/c6-4-2-1-3-5(7)8;/h1-4H2,(H2,7,8);1H. The average Bonchev–Trinajstić information content (AvgIpc) is 1.66. The molecule has 56 valence electrons. The summed E-state index contributed by atoms with van der Waals surface area (Å²) in [7, 11) is 0. The molecule has 0 aromatic rings. The minimum atomic E-state index is -0.203. The maximum absolute atomic E-state index is 10.1. The van der Waals surface area contributed by atoms with Crippen LogP contribution in [0.3, 0.4) is 0 Å². The molecule has 0 aliphatic rings. The van der Waals surface area contributed by atoms with Crippen molar-refractivity contribution in [2.45, 2.75) is 19.3 Å². The van der Waals surface area contributed by atoms with Crippen molar-refractivity contribution in [3.63, 3.8) is 0 Å². The minimum Gasteiger partial charge on any atom is -0.370 e. The third-order valence-corrected chi connectivity index (χ3v) is 1.37. The third kappa shape index (κ3) is 11.7. The number of amides is 1. The Hall–Kier alpha value is 0.240. The Balaban J connectivity index is 0. The Kier molecular flexibility index (Phi) is 11.0. The van der Waals surface area contributed by atoms with E-state index in [9.17, 15) is 4.79 Å². The van der Waals surface area contributed by atoms with Gasteiger partial charge >= 0.3 is 0 Å². The van der Waals surface area contributed by atoms with E-state index < -0.39 is 0 Å². The van der Waals surface area contributed by atoms with Crippen molar-refractivity contribution in [2.24, 2.45) is 5.73 Å². The maximum atomic E-state index is 10.1. The van der Waals surface area contributed by atoms with Crippen LogP contribution in [-0.2, 0) is 4.79 Å². The van der Waals surface area contributed by atoms with E-state index in [1.165, 1.54) is 0 Å². The van der Waals surface area contributed by atoms with Gasteiger partial charge in [0.2, 0.25) is 5.91 Å². The molecule has 0 bridgehead atoms. The van der Waals surface area contributed by atoms with Crippen molar-refractivity contribution in [3.8, 4) is 0 Å². The van der Waals surface area contributed by atoms with Gasteiger partial charge in [0.05, 0.1) is 0 Å². The van der Waals surface area contributed by atoms with Crippen LogP contribution in [0.25, 0.3) is 0 Å². The minimum absolute atomic E-state index is 0. The summed E-state index contributed by atoms with van der Waals surface area (Å²) in [5.74, 6) is -0.203. The van der Waals surface area contributed by atoms with Crippen LogP contribution >= 0.6 is 28.3 Å². The van der Waals surface area contributed by atoms with Gasteiger partial charge in [-0.2, -0.15) is 0 Å². The van der Waals surface area contributed by atoms with Gasteiger partial charge in [-0.3, -0.25) is 4.79 Å². The Morgan fingerprint density at radius 1 is 1.44 bits per heavy atom. The molecular weight excluding hydrogens is 205 g/mol. The number of unbranched alkanes of at least 4 members (excludes halogenated alkanes) is 1. The number of carbonyl (C=O) groups is 1. The first-order valence-corrected chi connectivity index (χ1v) is 3.74. The van der Waals surface area contributed by atoms with Crippen LogP contribution in [-0.4, -0.2) is 11.2 Å². The van der Waals surface area contributed by atoms with Gasteiger partial charge in [-0.25, -0.2) is 0 Å². The molecule has 2 nitrogen and oxygen atoms in total. The first-order valence-electron chi connectivity index (χ1n) is 2.61. The number of carbonyl (C=O) groups excluding carboxylic acids is 1. The summed E-state index contributed by atoms with van der Waals surface area (Å²) in [5.41, 5.74) is 4.88. The number of hydrogen-bond donors (Lipinski definition) is 1. The molecule has 0 unspecified atom stereocenters. The summed E-state index contributed by atoms with van der Waals surface area (Å²) in [4.78, 5) is 10.1. The maximum Gasteiger partial charge on any atom is 0.217 e. The monoisotopic (exact) mass is 215 g/mol. The van der Waals surface area contributed by atoms with Crippen LogP contribution in [0.1, 0.15) is 19.3 Å². The van der Waals surface area contributed by atoms with Gasteiger partial charge in [-0.15, -0.1) is 12.4 Å². The second-order valence-corrected chi connectivity index (χ2v) is 2.41. The first-order chi connectivity index (χ1) is 3.77. The normalized spacial score (nSPS) is 8.11. The van der Waals surface area contributed by atoms with Crippen LogP contribution in [0.15, 0.2) is 0 Å². The highest BCUT2D eigenvalue weighted by molar-refractivity contribution is 9.09. The molecule has 0 aliphatic carbocycles. The summed E-state index contributed by atoms with van der Waals surface area (Å²) in [6, 6.07) is 0. The lowest BCUT2D eigenvalue weighted by Crippen LogP contribution is -2.09. The second kappa shape index (κ2) is 8.24. The Morgan fingerprint density at radius 2 is 2.00 bits per heavy atom. The number of rotatable bonds is 4. The fourth-order valence-corrected chi connectivity index (χ4v) is 0.790. The summed E-state index contributed by atoms with van der Waals surface area (Å²) >= 11 is 3.25. The van der Waals surface area contributed by atoms with Crippen molar-refractivity contribution in [2.75, 3.05) is 5.33 Å². The molecular formula is C5H11BrClNO. The molecule has 0 radical (unpaired) electrons. The number of hydrogen-bond acceptors (Lipinski definition) is 1. The smallest absolute Gasteiger partial charge is 0.217 e. The lowest BCUT2D eigenvalue weighted by molar-refractivity contribution is -0.118. The first kappa shape index (κ1) is 12.0. The topological polar surface area (TPSA) is 43.1 Å². The van der Waals surface area contributed by atoms with E-state index >= 15 is 0 Å². The number of halogens is 2. The fraction of sp³-hybridized carbons (Fsp3) is 0.800. The van der Waals surface area contributed by atoms with Crippen molar-refractivity contribution in [1.82, 2.24) is 0 Å². The molecule has 4 heteroatoms. The molecule has 0 heterocycles. The second-order valence-electron chi connectivity index (χ2n) is 1.61. The highest BCUT2D eigenvalue weighted by Crippen LogP contribution is 1.96. The van der Waals surface area contributed by atoms with Gasteiger partial charge in [0, 0.05) is 11.8 Å². The zero-order chi connectivity index (χ0) is 6.41. The van der Waals surface area contributed by atoms with Crippen LogP contribution in [0, 0.1) is 0 Å². The van der Waals surface area contributed by atoms with E-state index in [0.717, 1.165) is 18.2 Å². The van der Waals surface area contributed by atoms with E-state index in [2.05, 4.69) is 15.9 Å². The molecule has 1 amide bonds. The zero-order valence-corrected chi connectivity index (χ0v) is 7.50. The Morgan fingerprint density at radius 3 is 2.33 bits per heavy atom. The molecule has 0 rings (SSSR count). The molecule has 0 spiro atoms. The predicted octanol–water partition coefficient (Wildman–Crippen LogP) is 1.46. The molecule has 0 saturated heterocycles. The van der Waals surface area contributed by atoms with E-state index in [0.29, 0.717) is 6.42 Å². The lowest BCUT2D eigenvalue weighted by Gasteiger charge is -1.89. The molecule has 0 atom stereocenters. The van der Waals surface area contributed by atoms with E-state index in [1.54, 1.807) is 0 Å². The average molecular weight is 217 g/mol. The fourth-order valence-electron chi connectivity index (χ4n) is 0.394. The van der Waals surface area contributed by atoms with E-state index in [1.807, 2.05) is 0 Å². The predicted molar refractivity (Wildman–Crippen MR) is 44.1 cm³/mol. The van der Waals surface area contributed by atoms with Crippen molar-refractivity contribution < 1.29 is 4.79 Å². The quantitative estimate of drug-likeness (QED) is 0.561. The molecule has 2 N–H and O–H groups in total. The SMILES string of the molecule is Cl.NC(=O)CCCCBr. The molecule has 0 aliphatic heterocycles. The van der Waals surface area contributed by atoms with Gasteiger partial charge in [0.15, 0.2) is 0 Å². The van der Waals surface area contributed by atoms with Crippen LogP contribution in [0.5, 0.6) is 0 Å². The van der Waals surface area contributed by atoms with Gasteiger partial charge < -0.3 is 5.73 Å². The number of alkyl halides is 1. The van der Waals surface area contributed by atoms with Crippen molar-refractivity contribution >= 4 is 34.2 Å². The highest BCUT2D eigenvalue weighted by atomic mass is 79.9. The Labute approximate surface area is 69.7 Å². The molecule has 9 heavy (non-hydrogen) atoms. The summed E-state index contributed by atoms with van der Waals surface area (Å²) in [6.07, 6.45) is 2.45. The molecule has 0 aromatic carbocycles. The van der Waals surface area contributed by atoms with Crippen molar-refractivity contribution in [3.05, 3.63) is 0 Å². The Bertz CT molecular complexity index is 79.4. The third-order valence-electron chi connectivity index (χ3n) is 0.807. The van der Waals surface area contributed by atoms with Gasteiger partial charge in [-0.1, -0.05) is 15.9 Å².